The molecule has 9 heteroatoms. The molecule has 1 amide bonds. The average molecular weight is 354 g/mol. The van der Waals surface area contributed by atoms with Crippen LogP contribution >= 0.6 is 0 Å². The third-order valence-electron chi connectivity index (χ3n) is 4.68. The minimum Gasteiger partial charge on any atom is -0.334 e. The number of fused-ring (bicyclic) bond motifs is 1. The van der Waals surface area contributed by atoms with Crippen LogP contribution in [0, 0.1) is 0 Å². The molecule has 9 nitrogen and oxygen atoms in total. The smallest absolute Gasteiger partial charge is 0.325 e. The van der Waals surface area contributed by atoms with Crippen molar-refractivity contribution in [3.05, 3.63) is 46.3 Å². The Morgan fingerprint density at radius 2 is 2.15 bits per heavy atom. The quantitative estimate of drug-likeness (QED) is 0.674. The molecule has 0 bridgehead atoms. The average Bonchev–Trinajstić information content (AvgIpc) is 3.32. The van der Waals surface area contributed by atoms with E-state index in [9.17, 15) is 14.4 Å². The van der Waals surface area contributed by atoms with Crippen molar-refractivity contribution < 1.29 is 9.59 Å². The van der Waals surface area contributed by atoms with E-state index in [4.69, 9.17) is 0 Å². The van der Waals surface area contributed by atoms with Gasteiger partial charge < -0.3 is 9.88 Å². The Morgan fingerprint density at radius 3 is 2.92 bits per heavy atom. The number of Topliss-reactive ketones (excluding diaryl/α,β-unsaturated/α-hetero) is 1. The summed E-state index contributed by atoms with van der Waals surface area (Å²) in [5.41, 5.74) is 1.35. The molecule has 1 fully saturated rings. The monoisotopic (exact) mass is 354 g/mol. The minimum absolute atomic E-state index is 0.0267. The van der Waals surface area contributed by atoms with Gasteiger partial charge in [-0.15, -0.1) is 0 Å². The Balaban J connectivity index is 1.53. The maximum Gasteiger partial charge on any atom is 0.325 e. The van der Waals surface area contributed by atoms with Gasteiger partial charge in [-0.05, 0) is 25.0 Å². The molecule has 0 saturated carbocycles. The van der Waals surface area contributed by atoms with Gasteiger partial charge >= 0.3 is 5.69 Å². The maximum absolute atomic E-state index is 12.9. The number of carbonyl (C=O) groups is 2. The van der Waals surface area contributed by atoms with Gasteiger partial charge in [-0.25, -0.2) is 9.78 Å². The third-order valence-corrected chi connectivity index (χ3v) is 4.68. The van der Waals surface area contributed by atoms with E-state index in [0.717, 1.165) is 12.8 Å². The first-order valence-corrected chi connectivity index (χ1v) is 8.43. The minimum atomic E-state index is -0.363. The van der Waals surface area contributed by atoms with Crippen LogP contribution in [0.2, 0.25) is 0 Å². The molecule has 0 radical (unpaired) electrons. The van der Waals surface area contributed by atoms with Gasteiger partial charge in [0.05, 0.1) is 17.3 Å². The van der Waals surface area contributed by atoms with E-state index in [2.05, 4.69) is 20.1 Å². The Morgan fingerprint density at radius 1 is 1.31 bits per heavy atom. The number of amides is 1. The normalized spacial score (nSPS) is 17.1. The zero-order valence-corrected chi connectivity index (χ0v) is 14.2. The fourth-order valence-electron chi connectivity index (χ4n) is 3.40. The summed E-state index contributed by atoms with van der Waals surface area (Å²) in [7, 11) is 1.76. The molecule has 1 aliphatic rings. The number of nitrogens with zero attached hydrogens (tertiary/aromatic N) is 4. The van der Waals surface area contributed by atoms with Crippen LogP contribution in [0.1, 0.15) is 40.1 Å². The lowest BCUT2D eigenvalue weighted by atomic mass is 10.0. The number of hydrogen-bond donors (Lipinski definition) is 2. The van der Waals surface area contributed by atoms with Crippen LogP contribution in [0.15, 0.2) is 29.3 Å². The second kappa shape index (κ2) is 6.25. The highest BCUT2D eigenvalue weighted by atomic mass is 16.2. The van der Waals surface area contributed by atoms with Gasteiger partial charge in [-0.2, -0.15) is 5.10 Å². The largest absolute Gasteiger partial charge is 0.334 e. The van der Waals surface area contributed by atoms with E-state index in [1.54, 1.807) is 41.2 Å². The number of H-pyrrole nitrogens is 2. The number of aryl methyl sites for hydroxylation is 1. The molecule has 1 unspecified atom stereocenters. The third kappa shape index (κ3) is 2.92. The summed E-state index contributed by atoms with van der Waals surface area (Å²) in [5, 5.41) is 4.02. The summed E-state index contributed by atoms with van der Waals surface area (Å²) in [6, 6.07) is 3.09. The fourth-order valence-corrected chi connectivity index (χ4v) is 3.40. The van der Waals surface area contributed by atoms with E-state index in [0.29, 0.717) is 23.3 Å². The van der Waals surface area contributed by atoms with Crippen LogP contribution in [0.4, 0.5) is 0 Å². The van der Waals surface area contributed by atoms with Crippen molar-refractivity contribution in [3.63, 3.8) is 0 Å². The summed E-state index contributed by atoms with van der Waals surface area (Å²) in [6.45, 7) is 0.590. The lowest BCUT2D eigenvalue weighted by molar-refractivity contribution is 0.0712. The summed E-state index contributed by atoms with van der Waals surface area (Å²) in [5.74, 6) is -0.253. The lowest BCUT2D eigenvalue weighted by Gasteiger charge is -2.23. The molecule has 0 spiro atoms. The molecule has 1 saturated heterocycles. The van der Waals surface area contributed by atoms with Gasteiger partial charge in [0.25, 0.3) is 5.91 Å². The van der Waals surface area contributed by atoms with E-state index in [-0.39, 0.29) is 35.5 Å². The van der Waals surface area contributed by atoms with Gasteiger partial charge in [-0.1, -0.05) is 0 Å². The molecule has 4 rings (SSSR count). The number of pyridine rings is 1. The number of aromatic nitrogens is 5. The SMILES string of the molecule is Cn1cc(C(=O)CC2CCCN2C(=O)c2ccc3[nH]c(=O)[nH]c3n2)cn1. The molecule has 2 N–H and O–H groups in total. The number of imidazole rings is 1. The zero-order valence-electron chi connectivity index (χ0n) is 14.2. The highest BCUT2D eigenvalue weighted by Gasteiger charge is 2.32. The molecule has 4 heterocycles. The number of ketones is 1. The van der Waals surface area contributed by atoms with Crippen molar-refractivity contribution in [2.45, 2.75) is 25.3 Å². The molecular weight excluding hydrogens is 336 g/mol. The van der Waals surface area contributed by atoms with Crippen LogP contribution in [0.3, 0.4) is 0 Å². The van der Waals surface area contributed by atoms with Crippen molar-refractivity contribution in [1.29, 1.82) is 0 Å². The van der Waals surface area contributed by atoms with E-state index in [1.807, 2.05) is 0 Å². The van der Waals surface area contributed by atoms with Crippen LogP contribution < -0.4 is 5.69 Å². The van der Waals surface area contributed by atoms with Crippen molar-refractivity contribution in [1.82, 2.24) is 29.6 Å². The Labute approximate surface area is 148 Å². The van der Waals surface area contributed by atoms with Crippen LogP contribution in [0.25, 0.3) is 11.2 Å². The number of hydrogen-bond acceptors (Lipinski definition) is 5. The molecule has 3 aromatic rings. The molecule has 0 aromatic carbocycles. The molecule has 26 heavy (non-hydrogen) atoms. The standard InChI is InChI=1S/C17H18N6O3/c1-22-9-10(8-18-22)14(24)7-11-3-2-6-23(11)16(25)13-5-4-12-15(19-13)21-17(26)20-12/h4-5,8-9,11H,2-3,6-7H2,1H3,(H2,19,20,21,26). The van der Waals surface area contributed by atoms with Gasteiger partial charge in [0.2, 0.25) is 0 Å². The van der Waals surface area contributed by atoms with Gasteiger partial charge in [0.15, 0.2) is 11.4 Å². The highest BCUT2D eigenvalue weighted by Crippen LogP contribution is 2.24. The summed E-state index contributed by atoms with van der Waals surface area (Å²) in [6.07, 6.45) is 5.12. The van der Waals surface area contributed by atoms with Gasteiger partial charge in [0.1, 0.15) is 5.69 Å². The molecule has 1 atom stereocenters. The highest BCUT2D eigenvalue weighted by molar-refractivity contribution is 5.98. The van der Waals surface area contributed by atoms with Crippen molar-refractivity contribution >= 4 is 22.9 Å². The van der Waals surface area contributed by atoms with E-state index >= 15 is 0 Å². The van der Waals surface area contributed by atoms with Crippen molar-refractivity contribution in [3.8, 4) is 0 Å². The second-order valence-electron chi connectivity index (χ2n) is 6.50. The predicted octanol–water partition coefficient (Wildman–Crippen LogP) is 0.862. The van der Waals surface area contributed by atoms with Gasteiger partial charge in [0, 0.05) is 32.3 Å². The predicted molar refractivity (Wildman–Crippen MR) is 92.9 cm³/mol. The maximum atomic E-state index is 12.9. The summed E-state index contributed by atoms with van der Waals surface area (Å²) in [4.78, 5) is 47.7. The Kier molecular flexibility index (Phi) is 3.90. The Hall–Kier alpha value is -3.23. The molecule has 3 aromatic heterocycles. The van der Waals surface area contributed by atoms with Crippen molar-refractivity contribution in [2.75, 3.05) is 6.54 Å². The lowest BCUT2D eigenvalue weighted by Crippen LogP contribution is -2.37. The van der Waals surface area contributed by atoms with Crippen molar-refractivity contribution in [2.24, 2.45) is 7.05 Å². The zero-order chi connectivity index (χ0) is 18.3. The van der Waals surface area contributed by atoms with Crippen LogP contribution in [-0.2, 0) is 7.05 Å². The summed E-state index contributed by atoms with van der Waals surface area (Å²) >= 11 is 0. The Bertz CT molecular complexity index is 1050. The molecule has 134 valence electrons. The number of rotatable bonds is 4. The fraction of sp³-hybridized carbons (Fsp3) is 0.353. The van der Waals surface area contributed by atoms with Crippen LogP contribution in [-0.4, -0.2) is 53.9 Å². The van der Waals surface area contributed by atoms with E-state index in [1.165, 1.54) is 0 Å². The molecular formula is C17H18N6O3. The number of aromatic amines is 2. The first kappa shape index (κ1) is 16.2. The molecule has 0 aliphatic carbocycles. The first-order valence-electron chi connectivity index (χ1n) is 8.43. The summed E-state index contributed by atoms with van der Waals surface area (Å²) < 4.78 is 1.58. The first-order chi connectivity index (χ1) is 12.5. The number of nitrogens with one attached hydrogen (secondary N) is 2. The topological polar surface area (TPSA) is 117 Å². The second-order valence-corrected chi connectivity index (χ2v) is 6.50. The number of likely N-dealkylation sites (tertiary alicyclic amines) is 1. The number of carbonyl (C=O) groups excluding carboxylic acids is 2. The van der Waals surface area contributed by atoms with Crippen LogP contribution in [0.5, 0.6) is 0 Å². The van der Waals surface area contributed by atoms with Gasteiger partial charge in [-0.3, -0.25) is 19.3 Å². The molecule has 1 aliphatic heterocycles. The van der Waals surface area contributed by atoms with E-state index < -0.39 is 0 Å².